The van der Waals surface area contributed by atoms with Crippen LogP contribution < -0.4 is 24.8 Å². The number of nitrogens with one attached hydrogen (secondary N) is 2. The highest BCUT2D eigenvalue weighted by atomic mass is 35.5. The molecule has 18 heteroatoms. The van der Waals surface area contributed by atoms with Crippen LogP contribution in [0, 0.1) is 36.5 Å². The van der Waals surface area contributed by atoms with E-state index in [1.807, 2.05) is 49.4 Å². The zero-order valence-corrected chi connectivity index (χ0v) is 43.0. The van der Waals surface area contributed by atoms with Crippen LogP contribution in [0.4, 0.5) is 0 Å². The van der Waals surface area contributed by atoms with Crippen molar-refractivity contribution < 1.29 is 49.0 Å². The summed E-state index contributed by atoms with van der Waals surface area (Å²) in [5.74, 6) is 1.54. The van der Waals surface area contributed by atoms with E-state index in [-0.39, 0.29) is 38.8 Å². The number of methoxy groups -OCH3 is 1. The second-order valence-corrected chi connectivity index (χ2v) is 16.8. The first-order valence-corrected chi connectivity index (χ1v) is 23.7. The molecule has 73 heavy (non-hydrogen) atoms. The standard InChI is InChI=1S/C45H48Cl2N4O6.C8H8N2O.CH2O2.CH4O/c1-4-37(53)24-50-20-31-11-12-43(41(46)16-31)56-27-34-7-5-9-39(29(34)2)40-10-6-8-35(30(40)3)28-57-45-18-44(55-26-33-15-32(19-48)21-49-22-33)36(17-42(45)47)23-51-25-38(54)13-14-52;1-11-6-8-2-7(3-9)4-10-5-8;2-1-3;1-2/h5-12,14-18,21-22,37-38,50-51,53-54H,4,13,20,23-28H2,1-3H3;2,4-5H,6H2,1H3;1H,(H,2,3);2H,1H3. The lowest BCUT2D eigenvalue weighted by molar-refractivity contribution is -0.122. The Kier molecular flexibility index (Phi) is 27.8. The van der Waals surface area contributed by atoms with Crippen molar-refractivity contribution in [2.75, 3.05) is 27.3 Å². The van der Waals surface area contributed by atoms with Gasteiger partial charge in [-0.3, -0.25) is 14.8 Å². The van der Waals surface area contributed by atoms with E-state index in [1.165, 1.54) is 12.4 Å². The Morgan fingerprint density at radius 2 is 1.16 bits per heavy atom. The van der Waals surface area contributed by atoms with Crippen LogP contribution in [0.15, 0.2) is 104 Å². The number of ether oxygens (including phenoxy) is 4. The molecule has 0 bridgehead atoms. The molecule has 6 rings (SSSR count). The van der Waals surface area contributed by atoms with Crippen molar-refractivity contribution in [2.24, 2.45) is 0 Å². The molecule has 0 amide bonds. The number of aldehydes is 1. The van der Waals surface area contributed by atoms with E-state index in [0.29, 0.717) is 84.0 Å². The number of benzene rings is 4. The summed E-state index contributed by atoms with van der Waals surface area (Å²) < 4.78 is 23.6. The van der Waals surface area contributed by atoms with Crippen LogP contribution in [-0.4, -0.2) is 82.7 Å². The number of carbonyl (C=O) groups excluding carboxylic acids is 1. The largest absolute Gasteiger partial charge is 0.488 e. The van der Waals surface area contributed by atoms with Gasteiger partial charge in [-0.25, -0.2) is 0 Å². The minimum absolute atomic E-state index is 0.0304. The summed E-state index contributed by atoms with van der Waals surface area (Å²) in [5, 5.41) is 58.8. The number of hydrogen-bond donors (Lipinski definition) is 6. The minimum Gasteiger partial charge on any atom is -0.488 e. The van der Waals surface area contributed by atoms with Gasteiger partial charge in [-0.05, 0) is 95.1 Å². The molecule has 16 nitrogen and oxygen atoms in total. The molecule has 0 spiro atoms. The van der Waals surface area contributed by atoms with Crippen molar-refractivity contribution in [1.82, 2.24) is 20.6 Å². The third kappa shape index (κ3) is 20.2. The molecule has 6 N–H and O–H groups in total. The number of pyridine rings is 2. The summed E-state index contributed by atoms with van der Waals surface area (Å²) in [4.78, 5) is 27.2. The smallest absolute Gasteiger partial charge is 0.290 e. The van der Waals surface area contributed by atoms with Gasteiger partial charge < -0.3 is 54.8 Å². The van der Waals surface area contributed by atoms with Gasteiger partial charge >= 0.3 is 0 Å². The number of aromatic nitrogens is 2. The molecule has 2 aromatic heterocycles. The van der Waals surface area contributed by atoms with Gasteiger partial charge in [-0.15, -0.1) is 0 Å². The molecule has 0 fully saturated rings. The molecular weight excluding hydrogens is 976 g/mol. The maximum Gasteiger partial charge on any atom is 0.290 e. The summed E-state index contributed by atoms with van der Waals surface area (Å²) in [6.07, 6.45) is 6.56. The predicted molar refractivity (Wildman–Crippen MR) is 279 cm³/mol. The fraction of sp³-hybridized carbons (Fsp3) is 0.309. The molecular formula is C55H62Cl2N6O10. The predicted octanol–water partition coefficient (Wildman–Crippen LogP) is 8.59. The van der Waals surface area contributed by atoms with Crippen LogP contribution in [-0.2, 0) is 53.8 Å². The van der Waals surface area contributed by atoms with Gasteiger partial charge in [-0.2, -0.15) is 10.5 Å². The average molecular weight is 1040 g/mol. The van der Waals surface area contributed by atoms with Crippen molar-refractivity contribution in [3.8, 4) is 40.5 Å². The van der Waals surface area contributed by atoms with E-state index in [1.54, 1.807) is 43.8 Å². The van der Waals surface area contributed by atoms with Gasteiger partial charge in [0.2, 0.25) is 0 Å². The number of nitrogens with zero attached hydrogens (tertiary/aromatic N) is 4. The van der Waals surface area contributed by atoms with Gasteiger partial charge in [0.25, 0.3) is 6.47 Å². The number of halogens is 2. The van der Waals surface area contributed by atoms with Crippen LogP contribution >= 0.6 is 23.2 Å². The highest BCUT2D eigenvalue weighted by molar-refractivity contribution is 6.32. The Labute approximate surface area is 436 Å². The van der Waals surface area contributed by atoms with E-state index in [4.69, 9.17) is 62.4 Å². The van der Waals surface area contributed by atoms with Crippen LogP contribution in [0.1, 0.15) is 75.4 Å². The summed E-state index contributed by atoms with van der Waals surface area (Å²) in [5.41, 5.74) is 10.7. The Bertz CT molecular complexity index is 2750. The van der Waals surface area contributed by atoms with Gasteiger partial charge in [0.15, 0.2) is 0 Å². The number of carbonyl (C=O) groups is 2. The summed E-state index contributed by atoms with van der Waals surface area (Å²) in [6, 6.07) is 29.1. The molecule has 2 heterocycles. The fourth-order valence-corrected chi connectivity index (χ4v) is 7.48. The first kappa shape index (κ1) is 60.3. The zero-order chi connectivity index (χ0) is 53.5. The molecule has 0 aliphatic carbocycles. The quantitative estimate of drug-likeness (QED) is 0.0329. The Balaban J connectivity index is 0.000000756. The van der Waals surface area contributed by atoms with Gasteiger partial charge in [-0.1, -0.05) is 72.6 Å². The van der Waals surface area contributed by atoms with Crippen LogP contribution in [0.3, 0.4) is 0 Å². The Morgan fingerprint density at radius 3 is 1.70 bits per heavy atom. The number of aliphatic hydroxyl groups excluding tert-OH is 3. The fourth-order valence-electron chi connectivity index (χ4n) is 6.98. The topological polar surface area (TPSA) is 249 Å². The molecule has 6 aromatic rings. The maximum absolute atomic E-state index is 10.8. The van der Waals surface area contributed by atoms with E-state index in [2.05, 4.69) is 58.7 Å². The van der Waals surface area contributed by atoms with Crippen LogP contribution in [0.2, 0.25) is 10.0 Å². The zero-order valence-electron chi connectivity index (χ0n) is 41.5. The Morgan fingerprint density at radius 1 is 0.644 bits per heavy atom. The minimum atomic E-state index is -0.813. The first-order chi connectivity index (χ1) is 35.4. The lowest BCUT2D eigenvalue weighted by Gasteiger charge is -2.19. The van der Waals surface area contributed by atoms with Crippen molar-refractivity contribution in [1.29, 1.82) is 10.5 Å². The van der Waals surface area contributed by atoms with Crippen molar-refractivity contribution >= 4 is 36.0 Å². The molecule has 0 saturated carbocycles. The number of carboxylic acid groups (broad SMARTS) is 1. The number of nitriles is 2. The lowest BCUT2D eigenvalue weighted by atomic mass is 9.92. The SMILES string of the molecule is CCC(O)CNCc1ccc(OCc2cccc(-c3cccc(COc4cc(OCc5cncc(C#N)c5)c(CNCC(O)CC=O)cc4Cl)c3C)c2C)c(Cl)c1.CO.COCc1cncc(C#N)c1.O=CO. The number of hydrogen-bond acceptors (Lipinski definition) is 15. The summed E-state index contributed by atoms with van der Waals surface area (Å²) >= 11 is 13.4. The molecule has 0 saturated heterocycles. The van der Waals surface area contributed by atoms with E-state index >= 15 is 0 Å². The molecule has 2 atom stereocenters. The molecule has 2 unspecified atom stereocenters. The number of rotatable bonds is 23. The van der Waals surface area contributed by atoms with Crippen molar-refractivity contribution in [2.45, 2.75) is 85.3 Å². The van der Waals surface area contributed by atoms with Crippen LogP contribution in [0.5, 0.6) is 17.2 Å². The average Bonchev–Trinajstić information content (AvgIpc) is 3.40. The maximum atomic E-state index is 10.8. The summed E-state index contributed by atoms with van der Waals surface area (Å²) in [7, 11) is 2.61. The third-order valence-corrected chi connectivity index (χ3v) is 11.4. The first-order valence-electron chi connectivity index (χ1n) is 23.0. The van der Waals surface area contributed by atoms with Gasteiger partial charge in [0, 0.05) is 88.8 Å². The second-order valence-electron chi connectivity index (χ2n) is 16.0. The molecule has 0 aliphatic heterocycles. The monoisotopic (exact) mass is 1040 g/mol. The van der Waals surface area contributed by atoms with Gasteiger partial charge in [0.05, 0.1) is 40.0 Å². The van der Waals surface area contributed by atoms with Crippen molar-refractivity contribution in [3.63, 3.8) is 0 Å². The highest BCUT2D eigenvalue weighted by Gasteiger charge is 2.16. The van der Waals surface area contributed by atoms with E-state index in [9.17, 15) is 20.3 Å². The van der Waals surface area contributed by atoms with Gasteiger partial charge in [0.1, 0.15) is 55.5 Å². The highest BCUT2D eigenvalue weighted by Crippen LogP contribution is 2.36. The van der Waals surface area contributed by atoms with E-state index < -0.39 is 6.10 Å². The van der Waals surface area contributed by atoms with E-state index in [0.717, 1.165) is 62.7 Å². The molecule has 386 valence electrons. The normalized spacial score (nSPS) is 11.1. The molecule has 4 aromatic carbocycles. The lowest BCUT2D eigenvalue weighted by Crippen LogP contribution is -2.26. The van der Waals surface area contributed by atoms with Crippen LogP contribution in [0.25, 0.3) is 11.1 Å². The summed E-state index contributed by atoms with van der Waals surface area (Å²) in [6.45, 7) is 8.75. The molecule has 0 aliphatic rings. The Hall–Kier alpha value is -6.96. The van der Waals surface area contributed by atoms with Crippen molar-refractivity contribution in [3.05, 3.63) is 169 Å². The molecule has 0 radical (unpaired) electrons. The number of aliphatic hydroxyl groups is 3. The second kappa shape index (κ2) is 33.6. The third-order valence-electron chi connectivity index (χ3n) is 10.9.